The predicted molar refractivity (Wildman–Crippen MR) is 205 cm³/mol. The van der Waals surface area contributed by atoms with E-state index in [0.29, 0.717) is 46.1 Å². The Hall–Kier alpha value is -1.42. The third-order valence-corrected chi connectivity index (χ3v) is 8.91. The van der Waals surface area contributed by atoms with E-state index >= 15 is 0 Å². The van der Waals surface area contributed by atoms with Crippen LogP contribution in [0.4, 0.5) is 4.79 Å². The molecule has 298 valence electrons. The first-order chi connectivity index (χ1) is 24.6. The van der Waals surface area contributed by atoms with Crippen molar-refractivity contribution >= 4 is 12.1 Å². The average molecular weight is 716 g/mol. The zero-order valence-electron chi connectivity index (χ0n) is 33.1. The van der Waals surface area contributed by atoms with Crippen molar-refractivity contribution in [2.24, 2.45) is 0 Å². The number of nitrogens with one attached hydrogen (secondary N) is 1. The van der Waals surface area contributed by atoms with E-state index < -0.39 is 12.1 Å². The average Bonchev–Trinajstić information content (AvgIpc) is 3.12. The van der Waals surface area contributed by atoms with Crippen molar-refractivity contribution in [2.75, 3.05) is 66.5 Å². The van der Waals surface area contributed by atoms with Crippen molar-refractivity contribution in [3.63, 3.8) is 0 Å². The fourth-order valence-corrected chi connectivity index (χ4v) is 5.77. The van der Waals surface area contributed by atoms with Gasteiger partial charge in [0.15, 0.2) is 0 Å². The Morgan fingerprint density at radius 1 is 0.460 bits per heavy atom. The number of hydrogen-bond donors (Lipinski definition) is 1. The summed E-state index contributed by atoms with van der Waals surface area (Å²) in [5.41, 5.74) is 0. The van der Waals surface area contributed by atoms with Gasteiger partial charge in [-0.3, -0.25) is 4.79 Å². The summed E-state index contributed by atoms with van der Waals surface area (Å²) in [6.07, 6.45) is 31.7. The molecule has 0 radical (unpaired) electrons. The number of carbonyl (C=O) groups is 2. The molecule has 1 amide bonds. The smallest absolute Gasteiger partial charge is 0.407 e. The summed E-state index contributed by atoms with van der Waals surface area (Å²) in [4.78, 5) is 24.3. The molecule has 0 saturated carbocycles. The molecule has 9 heteroatoms. The van der Waals surface area contributed by atoms with Gasteiger partial charge in [-0.1, -0.05) is 155 Å². The Kier molecular flexibility index (Phi) is 40.8. The molecule has 0 fully saturated rings. The summed E-state index contributed by atoms with van der Waals surface area (Å²) < 4.78 is 33.0. The Balaban J connectivity index is 4.16. The van der Waals surface area contributed by atoms with E-state index in [1.54, 1.807) is 7.11 Å². The summed E-state index contributed by atoms with van der Waals surface area (Å²) in [6.45, 7) is 8.10. The van der Waals surface area contributed by atoms with E-state index in [-0.39, 0.29) is 25.9 Å². The molecule has 0 aromatic carbocycles. The number of hydrogen-bond acceptors (Lipinski definition) is 8. The number of methoxy groups -OCH3 is 1. The number of carbonyl (C=O) groups excluding carboxylic acids is 2. The minimum atomic E-state index is -0.664. The lowest BCUT2D eigenvalue weighted by atomic mass is 10.1. The van der Waals surface area contributed by atoms with E-state index in [0.717, 1.165) is 25.7 Å². The van der Waals surface area contributed by atoms with Crippen molar-refractivity contribution < 1.29 is 38.0 Å². The van der Waals surface area contributed by atoms with Crippen LogP contribution in [0.1, 0.15) is 181 Å². The van der Waals surface area contributed by atoms with E-state index in [1.807, 2.05) is 0 Å². The van der Waals surface area contributed by atoms with Crippen LogP contribution in [0, 0.1) is 0 Å². The fraction of sp³-hybridized carbons (Fsp3) is 0.951. The van der Waals surface area contributed by atoms with Crippen molar-refractivity contribution in [3.05, 3.63) is 0 Å². The maximum absolute atomic E-state index is 12.3. The quantitative estimate of drug-likeness (QED) is 0.0493. The summed E-state index contributed by atoms with van der Waals surface area (Å²) in [6, 6.07) is 0. The van der Waals surface area contributed by atoms with Gasteiger partial charge in [0.2, 0.25) is 0 Å². The zero-order valence-corrected chi connectivity index (χ0v) is 33.1. The standard InChI is InChI=1S/C41H81NO8/c1-4-6-8-10-12-14-16-18-20-22-24-26-31-47-37-39(48-34-27-25-23-21-19-17-15-13-11-9-7-5-2)38-50-41(44)42-36-40(43)49-35-29-33-46-32-28-30-45-3/h39H,4-38H2,1-3H3,(H,42,44)/t39-/m0/s1. The highest BCUT2D eigenvalue weighted by Gasteiger charge is 2.14. The Morgan fingerprint density at radius 3 is 1.40 bits per heavy atom. The Bertz CT molecular complexity index is 695. The van der Waals surface area contributed by atoms with Crippen molar-refractivity contribution in [2.45, 2.75) is 187 Å². The monoisotopic (exact) mass is 716 g/mol. The number of ether oxygens (including phenoxy) is 6. The Morgan fingerprint density at radius 2 is 0.900 bits per heavy atom. The van der Waals surface area contributed by atoms with Crippen LogP contribution in [-0.2, 0) is 33.2 Å². The van der Waals surface area contributed by atoms with Crippen LogP contribution in [0.15, 0.2) is 0 Å². The SMILES string of the molecule is CCCCCCCCCCCCCCOC[C@@H](COC(=O)NCC(=O)OCCCOCCCOC)OCCCCCCCCCCCCCC. The molecule has 1 N–H and O–H groups in total. The maximum Gasteiger partial charge on any atom is 0.407 e. The van der Waals surface area contributed by atoms with Crippen molar-refractivity contribution in [1.82, 2.24) is 5.32 Å². The first-order valence-corrected chi connectivity index (χ1v) is 21.0. The lowest BCUT2D eigenvalue weighted by molar-refractivity contribution is -0.142. The van der Waals surface area contributed by atoms with Crippen molar-refractivity contribution in [1.29, 1.82) is 0 Å². The highest BCUT2D eigenvalue weighted by molar-refractivity contribution is 5.77. The minimum Gasteiger partial charge on any atom is -0.464 e. The van der Waals surface area contributed by atoms with Gasteiger partial charge in [0.25, 0.3) is 0 Å². The largest absolute Gasteiger partial charge is 0.464 e. The van der Waals surface area contributed by atoms with E-state index in [9.17, 15) is 9.59 Å². The summed E-state index contributed by atoms with van der Waals surface area (Å²) >= 11 is 0. The third kappa shape index (κ3) is 39.4. The van der Waals surface area contributed by atoms with Gasteiger partial charge in [0, 0.05) is 46.6 Å². The molecule has 0 aromatic rings. The van der Waals surface area contributed by atoms with Gasteiger partial charge in [-0.2, -0.15) is 0 Å². The van der Waals surface area contributed by atoms with Crippen LogP contribution < -0.4 is 5.32 Å². The van der Waals surface area contributed by atoms with Crippen LogP contribution in [0.3, 0.4) is 0 Å². The lowest BCUT2D eigenvalue weighted by Crippen LogP contribution is -2.35. The molecule has 1 atom stereocenters. The van der Waals surface area contributed by atoms with Gasteiger partial charge in [-0.05, 0) is 19.3 Å². The molecular weight excluding hydrogens is 634 g/mol. The molecule has 9 nitrogen and oxygen atoms in total. The second kappa shape index (κ2) is 42.0. The minimum absolute atomic E-state index is 0.0813. The van der Waals surface area contributed by atoms with Crippen LogP contribution in [0.5, 0.6) is 0 Å². The number of rotatable bonds is 41. The first-order valence-electron chi connectivity index (χ1n) is 21.0. The molecular formula is C41H81NO8. The number of unbranched alkanes of at least 4 members (excludes halogenated alkanes) is 22. The van der Waals surface area contributed by atoms with Gasteiger partial charge in [-0.15, -0.1) is 0 Å². The maximum atomic E-state index is 12.3. The summed E-state index contributed by atoms with van der Waals surface area (Å²) in [5, 5.41) is 2.47. The number of esters is 1. The highest BCUT2D eigenvalue weighted by Crippen LogP contribution is 2.13. The molecule has 0 aliphatic heterocycles. The highest BCUT2D eigenvalue weighted by atomic mass is 16.6. The second-order valence-electron chi connectivity index (χ2n) is 13.8. The van der Waals surface area contributed by atoms with Gasteiger partial charge in [0.1, 0.15) is 19.3 Å². The molecule has 0 saturated heterocycles. The molecule has 0 bridgehead atoms. The molecule has 0 aromatic heterocycles. The zero-order chi connectivity index (χ0) is 36.4. The van der Waals surface area contributed by atoms with Crippen LogP contribution in [0.25, 0.3) is 0 Å². The van der Waals surface area contributed by atoms with Crippen LogP contribution in [-0.4, -0.2) is 84.7 Å². The molecule has 0 rings (SSSR count). The van der Waals surface area contributed by atoms with E-state index in [2.05, 4.69) is 19.2 Å². The summed E-state index contributed by atoms with van der Waals surface area (Å²) in [7, 11) is 1.66. The van der Waals surface area contributed by atoms with Gasteiger partial charge < -0.3 is 33.7 Å². The van der Waals surface area contributed by atoms with Crippen LogP contribution in [0.2, 0.25) is 0 Å². The van der Waals surface area contributed by atoms with Gasteiger partial charge in [0.05, 0.1) is 13.2 Å². The Labute approximate surface area is 308 Å². The normalized spacial score (nSPS) is 11.9. The number of amides is 1. The van der Waals surface area contributed by atoms with Crippen molar-refractivity contribution in [3.8, 4) is 0 Å². The first kappa shape index (κ1) is 48.6. The van der Waals surface area contributed by atoms with E-state index in [1.165, 1.54) is 135 Å². The van der Waals surface area contributed by atoms with Gasteiger partial charge >= 0.3 is 12.1 Å². The molecule has 0 aliphatic rings. The third-order valence-electron chi connectivity index (χ3n) is 8.91. The number of alkyl carbamates (subject to hydrolysis) is 1. The fourth-order valence-electron chi connectivity index (χ4n) is 5.77. The van der Waals surface area contributed by atoms with Gasteiger partial charge in [-0.25, -0.2) is 4.79 Å². The predicted octanol–water partition coefficient (Wildman–Crippen LogP) is 10.5. The molecule has 0 unspecified atom stereocenters. The topological polar surface area (TPSA) is 102 Å². The molecule has 50 heavy (non-hydrogen) atoms. The molecule has 0 aliphatic carbocycles. The van der Waals surface area contributed by atoms with Crippen LogP contribution >= 0.6 is 0 Å². The second-order valence-corrected chi connectivity index (χ2v) is 13.8. The summed E-state index contributed by atoms with van der Waals surface area (Å²) in [5.74, 6) is -0.508. The molecule has 0 heterocycles. The van der Waals surface area contributed by atoms with E-state index in [4.69, 9.17) is 28.4 Å². The molecule has 0 spiro atoms. The lowest BCUT2D eigenvalue weighted by Gasteiger charge is -2.18.